The van der Waals surface area contributed by atoms with Crippen LogP contribution in [0.25, 0.3) is 55.6 Å². The fourth-order valence-electron chi connectivity index (χ4n) is 17.9. The van der Waals surface area contributed by atoms with Crippen molar-refractivity contribution in [3.63, 3.8) is 0 Å². The normalized spacial score (nSPS) is 12.7. The summed E-state index contributed by atoms with van der Waals surface area (Å²) in [6.07, 6.45) is 4.97. The van der Waals surface area contributed by atoms with Gasteiger partial charge in [0.2, 0.25) is 0 Å². The maximum absolute atomic E-state index is 13.7. The molecule has 1 fully saturated rings. The summed E-state index contributed by atoms with van der Waals surface area (Å²) in [5.74, 6) is -17.1. The van der Waals surface area contributed by atoms with Gasteiger partial charge in [0.25, 0.3) is 0 Å². The van der Waals surface area contributed by atoms with E-state index in [9.17, 15) is 48.3 Å². The molecule has 0 unspecified atom stereocenters. The Kier molecular flexibility index (Phi) is 31.7. The maximum atomic E-state index is 13.7. The molecule has 0 radical (unpaired) electrons. The Morgan fingerprint density at radius 3 is 1.15 bits per heavy atom. The first-order valence-corrected chi connectivity index (χ1v) is 45.6. The summed E-state index contributed by atoms with van der Waals surface area (Å²) in [4.78, 5) is 0. The fraction of sp³-hybridized carbons (Fsp3) is 0.158. The van der Waals surface area contributed by atoms with Crippen LogP contribution in [-0.4, -0.2) is 0 Å². The van der Waals surface area contributed by atoms with Crippen LogP contribution in [0.15, 0.2) is 291 Å². The van der Waals surface area contributed by atoms with Crippen molar-refractivity contribution in [2.24, 2.45) is 0 Å². The molecule has 0 aromatic heterocycles. The van der Waals surface area contributed by atoms with Crippen LogP contribution in [0.2, 0.25) is 20.1 Å². The van der Waals surface area contributed by atoms with Crippen molar-refractivity contribution in [3.8, 4) is 55.6 Å². The molecule has 8 nitrogen and oxygen atoms in total. The van der Waals surface area contributed by atoms with Gasteiger partial charge in [-0.3, -0.25) is 0 Å². The third-order valence-corrected chi connectivity index (χ3v) is 26.4. The van der Waals surface area contributed by atoms with Gasteiger partial charge in [0, 0.05) is 66.3 Å². The molecule has 16 N–H and O–H groups in total. The van der Waals surface area contributed by atoms with Crippen molar-refractivity contribution in [3.05, 3.63) is 458 Å². The van der Waals surface area contributed by atoms with Gasteiger partial charge in [0.05, 0.1) is 37.8 Å². The summed E-state index contributed by atoms with van der Waals surface area (Å²) >= 11 is 24.5. The van der Waals surface area contributed by atoms with Crippen molar-refractivity contribution >= 4 is 91.9 Å². The van der Waals surface area contributed by atoms with Gasteiger partial charge in [-0.05, 0) is 266 Å². The molecule has 137 heavy (non-hydrogen) atoms. The highest BCUT2D eigenvalue weighted by atomic mass is 35.5. The van der Waals surface area contributed by atoms with E-state index in [1.165, 1.54) is 139 Å². The average molecular weight is 1930 g/mol. The first kappa shape index (κ1) is 101. The smallest absolute Gasteiger partial charge is 0.399 e. The number of aryl methyl sites for hydroxylation is 8. The van der Waals surface area contributed by atoms with Crippen molar-refractivity contribution in [2.45, 2.75) is 117 Å². The van der Waals surface area contributed by atoms with E-state index in [0.717, 1.165) is 76.0 Å². The third kappa shape index (κ3) is 22.1. The predicted molar refractivity (Wildman–Crippen MR) is 544 cm³/mol. The summed E-state index contributed by atoms with van der Waals surface area (Å²) in [6, 6.07) is 97.4. The summed E-state index contributed by atoms with van der Waals surface area (Å²) in [5.41, 5.74) is 70.2. The first-order valence-electron chi connectivity index (χ1n) is 44.1. The van der Waals surface area contributed by atoms with E-state index in [4.69, 9.17) is 92.3 Å². The van der Waals surface area contributed by atoms with Gasteiger partial charge in [-0.25, -0.2) is 35.1 Å². The Morgan fingerprint density at radius 1 is 0.292 bits per heavy atom. The van der Waals surface area contributed by atoms with Crippen LogP contribution < -0.4 is 45.9 Å². The van der Waals surface area contributed by atoms with Gasteiger partial charge in [-0.2, -0.15) is 13.2 Å². The minimum absolute atomic E-state index is 0.112. The molecule has 0 bridgehead atoms. The lowest BCUT2D eigenvalue weighted by Crippen LogP contribution is -2.30. The lowest BCUT2D eigenvalue weighted by Gasteiger charge is -2.38. The van der Waals surface area contributed by atoms with E-state index < -0.39 is 80.7 Å². The average Bonchev–Trinajstić information content (AvgIpc) is 1.54. The number of nitrogen functional groups attached to an aromatic ring is 8. The molecule has 1 saturated carbocycles. The quantitative estimate of drug-likeness (QED) is 0.0374. The number of nitrogens with two attached hydrogens (primary N) is 8. The van der Waals surface area contributed by atoms with Gasteiger partial charge in [0.15, 0.2) is 46.5 Å². The summed E-state index contributed by atoms with van der Waals surface area (Å²) in [5, 5.41) is 2.11. The second kappa shape index (κ2) is 43.1. The zero-order valence-electron chi connectivity index (χ0n) is 76.2. The van der Waals surface area contributed by atoms with Crippen LogP contribution >= 0.6 is 46.4 Å². The molecular weight excluding hydrogens is 1830 g/mol. The Hall–Kier alpha value is -13.7. The van der Waals surface area contributed by atoms with E-state index >= 15 is 0 Å². The second-order valence-corrected chi connectivity index (χ2v) is 36.1. The van der Waals surface area contributed by atoms with Gasteiger partial charge in [-0.15, -0.1) is 0 Å². The number of rotatable bonds is 10. The molecule has 3 aliphatic rings. The minimum atomic E-state index is -4.41. The van der Waals surface area contributed by atoms with Crippen LogP contribution in [-0.2, 0) is 36.3 Å². The highest BCUT2D eigenvalue weighted by Crippen LogP contribution is 2.57. The first-order chi connectivity index (χ1) is 65.2. The van der Waals surface area contributed by atoms with Crippen LogP contribution in [0.1, 0.15) is 132 Å². The van der Waals surface area contributed by atoms with E-state index in [1.54, 1.807) is 43.3 Å². The molecule has 0 saturated heterocycles. The van der Waals surface area contributed by atoms with Crippen LogP contribution in [0.4, 0.5) is 93.8 Å². The molecule has 16 aromatic carbocycles. The highest BCUT2D eigenvalue weighted by molar-refractivity contribution is 6.39. The Balaban J connectivity index is 0.000000136. The maximum Gasteiger partial charge on any atom is 0.417 e. The number of benzene rings is 16. The number of halogens is 15. The van der Waals surface area contributed by atoms with E-state index in [0.29, 0.717) is 43.8 Å². The molecule has 0 heterocycles. The Bertz CT molecular complexity index is 6690. The minimum Gasteiger partial charge on any atom is -0.399 e. The zero-order valence-corrected chi connectivity index (χ0v) is 79.2. The van der Waals surface area contributed by atoms with E-state index in [-0.39, 0.29) is 22.1 Å². The van der Waals surface area contributed by atoms with Gasteiger partial charge in [-0.1, -0.05) is 294 Å². The Labute approximate surface area is 811 Å². The molecule has 0 spiro atoms. The van der Waals surface area contributed by atoms with Gasteiger partial charge >= 0.3 is 6.18 Å². The molecule has 702 valence electrons. The summed E-state index contributed by atoms with van der Waals surface area (Å²) in [6.45, 7) is 12.7. The van der Waals surface area contributed by atoms with Crippen LogP contribution in [0.5, 0.6) is 0 Å². The molecule has 19 rings (SSSR count). The van der Waals surface area contributed by atoms with Crippen molar-refractivity contribution < 1.29 is 48.3 Å². The highest BCUT2D eigenvalue weighted by Gasteiger charge is 2.46. The third-order valence-electron chi connectivity index (χ3n) is 25.1. The number of alkyl halides is 3. The molecule has 16 aromatic rings. The molecule has 0 amide bonds. The Morgan fingerprint density at radius 2 is 0.672 bits per heavy atom. The summed E-state index contributed by atoms with van der Waals surface area (Å²) in [7, 11) is 0. The predicted octanol–water partition coefficient (Wildman–Crippen LogP) is 31.3. The molecule has 0 atom stereocenters. The SMILES string of the molecule is Cc1c(F)c(F)c(-c2c(F)c(F)c(N)c(F)c2F)c(F)c1F.Cc1cc(Cl)c(-c2cc(Cl)c(N)cc2Cl)cc1Cl.Cc1ccc(-c2ccc(N)cc2C(F)(F)F)c(C)c1.Cc1ccc(C2(c3ccc(N)cc3)CCCCC2)cc1.Cc1ccc(C2(c3ccc(N)cc3)c3ccccc3-c3ccccc32)cc1.Cc1ccc2c(c1)Cc1cc(N)ccc1-2.Nc1ccccc1CCc1ccccc1N. The van der Waals surface area contributed by atoms with Crippen molar-refractivity contribution in [1.29, 1.82) is 0 Å². The number of hydrogen-bond acceptors (Lipinski definition) is 8. The zero-order chi connectivity index (χ0) is 98.8. The number of hydrogen-bond donors (Lipinski definition) is 8. The van der Waals surface area contributed by atoms with Gasteiger partial charge in [0.1, 0.15) is 5.69 Å². The van der Waals surface area contributed by atoms with E-state index in [1.807, 2.05) is 86.6 Å². The topological polar surface area (TPSA) is 208 Å². The molecule has 3 aliphatic carbocycles. The molecule has 0 aliphatic heterocycles. The van der Waals surface area contributed by atoms with Crippen LogP contribution in [0.3, 0.4) is 0 Å². The van der Waals surface area contributed by atoms with Crippen molar-refractivity contribution in [2.75, 3.05) is 45.9 Å². The number of para-hydroxylation sites is 2. The lowest BCUT2D eigenvalue weighted by molar-refractivity contribution is -0.137. The molecule has 23 heteroatoms. The number of fused-ring (bicyclic) bond motifs is 6. The lowest BCUT2D eigenvalue weighted by atomic mass is 9.65. The monoisotopic (exact) mass is 1930 g/mol. The van der Waals surface area contributed by atoms with Gasteiger partial charge < -0.3 is 45.9 Å². The summed E-state index contributed by atoms with van der Waals surface area (Å²) < 4.78 is 147. The largest absolute Gasteiger partial charge is 0.417 e. The van der Waals surface area contributed by atoms with Crippen LogP contribution in [0, 0.1) is 95.0 Å². The number of anilines is 8. The fourth-order valence-corrected chi connectivity index (χ4v) is 18.8. The van der Waals surface area contributed by atoms with E-state index in [2.05, 4.69) is 185 Å². The standard InChI is InChI=1S/C26H21N.C19H23N.C15H14F3N.C14H16N2.C14H13N.C13H9Cl4N.C13H5F8N/c1-18-10-12-19(13-11-18)26(20-14-16-21(27)17-15-20)24-8-4-2-6-22(24)23-7-3-5-9-25(23)26;1-15-5-7-16(8-6-15)19(13-3-2-4-14-19)17-9-11-18(20)12-10-17;1-9-3-5-12(10(2)7-9)13-6-4-11(19)8-14(13)15(16,17)18;15-13-7-3-1-5-11(13)9-10-12-6-2-4-8-14(12)16;1-9-2-4-13-10(6-9)7-11-8-12(15)3-5-14(11)13;1-6-2-10(15)7(3-9(6)14)8-4-12(17)13(18)5-11(8)16;1-2-5(14)7(16)3(8(17)6(2)15)4-9(18)11(20)13(22)12(21)10(4)19/h2-17H,27H2,1H3;5-12H,2-4,13-14,20H2,1H3;3-8H,19H2,1-2H3;1-8H,9-10,15-16H2;2-6,8H,7,15H2,1H3;2-5H,18H2,1H3;22H2,1H3. The molecular formula is C114H101Cl4F11N8. The second-order valence-electron chi connectivity index (χ2n) is 34.5. The van der Waals surface area contributed by atoms with Crippen molar-refractivity contribution in [1.82, 2.24) is 0 Å².